The zero-order valence-corrected chi connectivity index (χ0v) is 8.67. The van der Waals surface area contributed by atoms with Gasteiger partial charge in [0.05, 0.1) is 5.69 Å². The first-order valence-electron chi connectivity index (χ1n) is 4.66. The fourth-order valence-corrected chi connectivity index (χ4v) is 0.879. The molecule has 1 aromatic rings. The molecule has 4 nitrogen and oxygen atoms in total. The van der Waals surface area contributed by atoms with Crippen molar-refractivity contribution in [2.24, 2.45) is 0 Å². The highest BCUT2D eigenvalue weighted by Crippen LogP contribution is 2.11. The molecular weight excluding hydrogens is 206 g/mol. The minimum atomic E-state index is -2.52. The molecule has 0 unspecified atom stereocenters. The van der Waals surface area contributed by atoms with Crippen LogP contribution < -0.4 is 10.1 Å². The number of hydrogen-bond acceptors (Lipinski definition) is 4. The first kappa shape index (κ1) is 11.9. The Morgan fingerprint density at radius 2 is 2.27 bits per heavy atom. The molecule has 0 fully saturated rings. The van der Waals surface area contributed by atoms with E-state index in [1.54, 1.807) is 0 Å². The summed E-state index contributed by atoms with van der Waals surface area (Å²) in [6, 6.07) is 0.326. The van der Waals surface area contributed by atoms with Gasteiger partial charge in [-0.25, -0.2) is 8.78 Å². The highest BCUT2D eigenvalue weighted by atomic mass is 19.3. The van der Waals surface area contributed by atoms with Gasteiger partial charge in [-0.3, -0.25) is 0 Å². The van der Waals surface area contributed by atoms with Crippen molar-refractivity contribution in [2.75, 3.05) is 6.61 Å². The van der Waals surface area contributed by atoms with Crippen LogP contribution >= 0.6 is 0 Å². The number of ether oxygens (including phenoxy) is 1. The summed E-state index contributed by atoms with van der Waals surface area (Å²) >= 11 is 0. The lowest BCUT2D eigenvalue weighted by molar-refractivity contribution is 0.0658. The van der Waals surface area contributed by atoms with E-state index in [4.69, 9.17) is 4.42 Å². The average molecular weight is 220 g/mol. The Morgan fingerprint density at radius 3 is 2.87 bits per heavy atom. The van der Waals surface area contributed by atoms with E-state index >= 15 is 0 Å². The van der Waals surface area contributed by atoms with E-state index in [-0.39, 0.29) is 6.08 Å². The maximum Gasteiger partial charge on any atom is 0.393 e. The number of hydrogen-bond donors (Lipinski definition) is 1. The van der Waals surface area contributed by atoms with E-state index in [0.717, 1.165) is 0 Å². The van der Waals surface area contributed by atoms with Crippen molar-refractivity contribution in [3.05, 3.63) is 12.0 Å². The Morgan fingerprint density at radius 1 is 1.53 bits per heavy atom. The molecule has 0 bridgehead atoms. The summed E-state index contributed by atoms with van der Waals surface area (Å²) in [7, 11) is 0. The quantitative estimate of drug-likeness (QED) is 0.794. The van der Waals surface area contributed by atoms with Crippen LogP contribution in [0.15, 0.2) is 10.7 Å². The molecule has 0 aliphatic rings. The first-order valence-corrected chi connectivity index (χ1v) is 4.66. The Balaban J connectivity index is 2.35. The summed E-state index contributed by atoms with van der Waals surface area (Å²) in [6.45, 7) is 3.82. The monoisotopic (exact) mass is 220 g/mol. The SMILES string of the molecule is CC(C)NCc1coc(OCC(F)F)n1. The highest BCUT2D eigenvalue weighted by molar-refractivity contribution is 4.99. The Bertz CT molecular complexity index is 263. The summed E-state index contributed by atoms with van der Waals surface area (Å²) < 4.78 is 33.0. The summed E-state index contributed by atoms with van der Waals surface area (Å²) in [6.07, 6.45) is -1.25. The van der Waals surface area contributed by atoms with Crippen molar-refractivity contribution in [3.63, 3.8) is 0 Å². The minimum Gasteiger partial charge on any atom is -0.444 e. The lowest BCUT2D eigenvalue weighted by atomic mass is 10.4. The number of alkyl halides is 2. The van der Waals surface area contributed by atoms with E-state index in [1.165, 1.54) is 6.26 Å². The molecule has 86 valence electrons. The molecule has 0 saturated heterocycles. The van der Waals surface area contributed by atoms with E-state index < -0.39 is 13.0 Å². The van der Waals surface area contributed by atoms with E-state index in [0.29, 0.717) is 18.3 Å². The van der Waals surface area contributed by atoms with Gasteiger partial charge in [0.15, 0.2) is 6.61 Å². The second-order valence-corrected chi connectivity index (χ2v) is 3.34. The standard InChI is InChI=1S/C9H14F2N2O2/c1-6(2)12-3-7-4-14-9(13-7)15-5-8(10)11/h4,6,8,12H,3,5H2,1-2H3. The lowest BCUT2D eigenvalue weighted by Gasteiger charge is -2.04. The van der Waals surface area contributed by atoms with Crippen LogP contribution in [-0.4, -0.2) is 24.1 Å². The number of oxazole rings is 1. The van der Waals surface area contributed by atoms with E-state index in [1.807, 2.05) is 13.8 Å². The average Bonchev–Trinajstić information content (AvgIpc) is 2.59. The van der Waals surface area contributed by atoms with Crippen molar-refractivity contribution in [1.29, 1.82) is 0 Å². The van der Waals surface area contributed by atoms with Gasteiger partial charge in [0, 0.05) is 12.6 Å². The molecule has 6 heteroatoms. The summed E-state index contributed by atoms with van der Waals surface area (Å²) in [5.41, 5.74) is 0.632. The molecule has 0 aromatic carbocycles. The van der Waals surface area contributed by atoms with Crippen LogP contribution in [0.25, 0.3) is 0 Å². The Hall–Kier alpha value is -1.17. The van der Waals surface area contributed by atoms with Gasteiger partial charge in [0.25, 0.3) is 6.43 Å². The van der Waals surface area contributed by atoms with E-state index in [2.05, 4.69) is 15.0 Å². The fourth-order valence-electron chi connectivity index (χ4n) is 0.879. The van der Waals surface area contributed by atoms with Gasteiger partial charge in [-0.1, -0.05) is 13.8 Å². The summed E-state index contributed by atoms with van der Waals surface area (Å²) in [5.74, 6) is 0. The third-order valence-corrected chi connectivity index (χ3v) is 1.55. The van der Waals surface area contributed by atoms with E-state index in [9.17, 15) is 8.78 Å². The fraction of sp³-hybridized carbons (Fsp3) is 0.667. The molecule has 0 amide bonds. The lowest BCUT2D eigenvalue weighted by Crippen LogP contribution is -2.21. The van der Waals surface area contributed by atoms with Crippen molar-refractivity contribution < 1.29 is 17.9 Å². The van der Waals surface area contributed by atoms with Gasteiger partial charge >= 0.3 is 6.08 Å². The topological polar surface area (TPSA) is 47.3 Å². The van der Waals surface area contributed by atoms with Crippen molar-refractivity contribution in [3.8, 4) is 6.08 Å². The van der Waals surface area contributed by atoms with Crippen molar-refractivity contribution >= 4 is 0 Å². The van der Waals surface area contributed by atoms with Crippen LogP contribution in [0.5, 0.6) is 6.08 Å². The highest BCUT2D eigenvalue weighted by Gasteiger charge is 2.08. The summed E-state index contributed by atoms with van der Waals surface area (Å²) in [5, 5.41) is 3.11. The summed E-state index contributed by atoms with van der Waals surface area (Å²) in [4.78, 5) is 3.87. The minimum absolute atomic E-state index is 0.115. The molecule has 0 aliphatic carbocycles. The van der Waals surface area contributed by atoms with Crippen LogP contribution in [0.1, 0.15) is 19.5 Å². The van der Waals surface area contributed by atoms with Crippen LogP contribution in [0.4, 0.5) is 8.78 Å². The van der Waals surface area contributed by atoms with Crippen LogP contribution in [0, 0.1) is 0 Å². The van der Waals surface area contributed by atoms with Gasteiger partial charge in [0.1, 0.15) is 6.26 Å². The number of aromatic nitrogens is 1. The molecule has 0 saturated carbocycles. The van der Waals surface area contributed by atoms with Crippen LogP contribution in [0.2, 0.25) is 0 Å². The zero-order chi connectivity index (χ0) is 11.3. The second-order valence-electron chi connectivity index (χ2n) is 3.34. The molecule has 0 radical (unpaired) electrons. The number of nitrogens with zero attached hydrogens (tertiary/aromatic N) is 1. The van der Waals surface area contributed by atoms with Crippen LogP contribution in [-0.2, 0) is 6.54 Å². The van der Waals surface area contributed by atoms with Gasteiger partial charge in [-0.15, -0.1) is 0 Å². The predicted octanol–water partition coefficient (Wildman–Crippen LogP) is 1.82. The maximum absolute atomic E-state index is 11.8. The van der Waals surface area contributed by atoms with Crippen molar-refractivity contribution in [1.82, 2.24) is 10.3 Å². The number of rotatable bonds is 6. The maximum atomic E-state index is 11.8. The largest absolute Gasteiger partial charge is 0.444 e. The zero-order valence-electron chi connectivity index (χ0n) is 8.67. The second kappa shape index (κ2) is 5.65. The molecule has 0 spiro atoms. The third-order valence-electron chi connectivity index (χ3n) is 1.55. The predicted molar refractivity (Wildman–Crippen MR) is 50.0 cm³/mol. The van der Waals surface area contributed by atoms with Gasteiger partial charge in [-0.05, 0) is 0 Å². The number of nitrogens with one attached hydrogen (secondary N) is 1. The van der Waals surface area contributed by atoms with Gasteiger partial charge in [0.2, 0.25) is 0 Å². The molecule has 15 heavy (non-hydrogen) atoms. The van der Waals surface area contributed by atoms with Crippen LogP contribution in [0.3, 0.4) is 0 Å². The Labute approximate surface area is 86.6 Å². The van der Waals surface area contributed by atoms with Gasteiger partial charge < -0.3 is 14.5 Å². The smallest absolute Gasteiger partial charge is 0.393 e. The van der Waals surface area contributed by atoms with Crippen molar-refractivity contribution in [2.45, 2.75) is 32.9 Å². The molecule has 1 N–H and O–H groups in total. The molecule has 1 rings (SSSR count). The third kappa shape index (κ3) is 4.73. The Kier molecular flexibility index (Phi) is 4.48. The molecule has 1 heterocycles. The molecular formula is C9H14F2N2O2. The first-order chi connectivity index (χ1) is 7.08. The molecule has 0 aliphatic heterocycles. The normalized spacial score (nSPS) is 11.3. The van der Waals surface area contributed by atoms with Gasteiger partial charge in [-0.2, -0.15) is 4.98 Å². The number of halogens is 2. The molecule has 0 atom stereocenters. The molecule has 1 aromatic heterocycles.